The Kier molecular flexibility index (Phi) is 13.4. The van der Waals surface area contributed by atoms with Crippen LogP contribution in [0.3, 0.4) is 0 Å². The number of carbonyl (C=O) groups excluding carboxylic acids is 2. The summed E-state index contributed by atoms with van der Waals surface area (Å²) < 4.78 is 15.1. The Hall–Kier alpha value is -1.56. The van der Waals surface area contributed by atoms with E-state index in [0.717, 1.165) is 12.8 Å². The molecule has 22 heavy (non-hydrogen) atoms. The summed E-state index contributed by atoms with van der Waals surface area (Å²) in [7, 11) is 0. The van der Waals surface area contributed by atoms with Gasteiger partial charge in [-0.3, -0.25) is 0 Å². The van der Waals surface area contributed by atoms with Gasteiger partial charge in [-0.1, -0.05) is 39.2 Å². The van der Waals surface area contributed by atoms with Crippen LogP contribution in [0.1, 0.15) is 46.0 Å². The monoisotopic (exact) mass is 315 g/mol. The first-order chi connectivity index (χ1) is 10.6. The van der Waals surface area contributed by atoms with Gasteiger partial charge in [0, 0.05) is 12.1 Å². The Morgan fingerprint density at radius 1 is 0.955 bits per heavy atom. The van der Waals surface area contributed by atoms with E-state index in [1.54, 1.807) is 6.92 Å². The van der Waals surface area contributed by atoms with Crippen LogP contribution in [0.15, 0.2) is 12.2 Å². The van der Waals surface area contributed by atoms with Crippen LogP contribution in [0.25, 0.3) is 0 Å². The van der Waals surface area contributed by atoms with Gasteiger partial charge in [-0.15, -0.1) is 0 Å². The maximum absolute atomic E-state index is 11.3. The van der Waals surface area contributed by atoms with Crippen molar-refractivity contribution in [3.8, 4) is 0 Å². The van der Waals surface area contributed by atoms with Crippen molar-refractivity contribution < 1.29 is 23.8 Å². The Morgan fingerprint density at radius 2 is 1.68 bits per heavy atom. The first kappa shape index (κ1) is 20.4. The van der Waals surface area contributed by atoms with Crippen molar-refractivity contribution in [2.75, 3.05) is 33.0 Å². The fraction of sp³-hybridized carbons (Fsp3) is 0.750. The molecule has 6 nitrogen and oxygen atoms in total. The predicted octanol–water partition coefficient (Wildman–Crippen LogP) is 2.82. The molecule has 0 atom stereocenters. The van der Waals surface area contributed by atoms with Crippen LogP contribution in [0.4, 0.5) is 4.79 Å². The molecule has 0 spiro atoms. The summed E-state index contributed by atoms with van der Waals surface area (Å²) in [6, 6.07) is 0. The Balaban J connectivity index is 3.28. The summed E-state index contributed by atoms with van der Waals surface area (Å²) in [6.45, 7) is 8.84. The third kappa shape index (κ3) is 13.4. The maximum Gasteiger partial charge on any atom is 0.407 e. The van der Waals surface area contributed by atoms with Crippen LogP contribution < -0.4 is 5.32 Å². The standard InChI is InChI=1S/C16H29NO5/c1-4-5-6-7-8-10-22-16(19)17-9-11-20-12-13-21-15(18)14(2)3/h2,4-13H2,1,3H3,(H,17,19). The van der Waals surface area contributed by atoms with Crippen molar-refractivity contribution in [3.05, 3.63) is 12.2 Å². The van der Waals surface area contributed by atoms with E-state index < -0.39 is 12.1 Å². The van der Waals surface area contributed by atoms with Crippen LogP contribution in [-0.4, -0.2) is 45.0 Å². The number of hydrogen-bond acceptors (Lipinski definition) is 5. The zero-order valence-electron chi connectivity index (χ0n) is 13.8. The molecule has 0 aromatic heterocycles. The minimum atomic E-state index is -0.427. The Labute approximate surface area is 133 Å². The molecule has 0 bridgehead atoms. The van der Waals surface area contributed by atoms with Crippen LogP contribution in [-0.2, 0) is 19.0 Å². The van der Waals surface area contributed by atoms with Gasteiger partial charge in [0.1, 0.15) is 6.61 Å². The summed E-state index contributed by atoms with van der Waals surface area (Å²) >= 11 is 0. The van der Waals surface area contributed by atoms with Gasteiger partial charge < -0.3 is 19.5 Å². The summed E-state index contributed by atoms with van der Waals surface area (Å²) in [4.78, 5) is 22.4. The lowest BCUT2D eigenvalue weighted by Gasteiger charge is -2.08. The average Bonchev–Trinajstić information content (AvgIpc) is 2.49. The highest BCUT2D eigenvalue weighted by atomic mass is 16.6. The zero-order valence-corrected chi connectivity index (χ0v) is 13.8. The molecule has 6 heteroatoms. The van der Waals surface area contributed by atoms with Crippen molar-refractivity contribution in [2.24, 2.45) is 0 Å². The highest BCUT2D eigenvalue weighted by molar-refractivity contribution is 5.86. The quantitative estimate of drug-likeness (QED) is 0.321. The number of rotatable bonds is 13. The third-order valence-corrected chi connectivity index (χ3v) is 2.81. The molecule has 0 fully saturated rings. The lowest BCUT2D eigenvalue weighted by molar-refractivity contribution is -0.140. The second-order valence-corrected chi connectivity index (χ2v) is 5.01. The summed E-state index contributed by atoms with van der Waals surface area (Å²) in [5.41, 5.74) is 0.360. The van der Waals surface area contributed by atoms with Gasteiger partial charge >= 0.3 is 12.1 Å². The summed E-state index contributed by atoms with van der Waals surface area (Å²) in [5.74, 6) is -0.427. The second-order valence-electron chi connectivity index (χ2n) is 5.01. The molecular formula is C16H29NO5. The first-order valence-corrected chi connectivity index (χ1v) is 7.89. The molecule has 0 unspecified atom stereocenters. The van der Waals surface area contributed by atoms with E-state index in [1.165, 1.54) is 19.3 Å². The maximum atomic E-state index is 11.3. The molecule has 0 heterocycles. The lowest BCUT2D eigenvalue weighted by Crippen LogP contribution is -2.28. The molecule has 1 amide bonds. The fourth-order valence-electron chi connectivity index (χ4n) is 1.57. The van der Waals surface area contributed by atoms with Gasteiger partial charge in [-0.2, -0.15) is 0 Å². The molecule has 0 saturated carbocycles. The largest absolute Gasteiger partial charge is 0.460 e. The van der Waals surface area contributed by atoms with Crippen LogP contribution in [0, 0.1) is 0 Å². The molecule has 0 radical (unpaired) electrons. The Morgan fingerprint density at radius 3 is 2.36 bits per heavy atom. The highest BCUT2D eigenvalue weighted by Crippen LogP contribution is 2.02. The number of nitrogens with one attached hydrogen (secondary N) is 1. The molecule has 0 aliphatic heterocycles. The van der Waals surface area contributed by atoms with E-state index in [1.807, 2.05) is 0 Å². The first-order valence-electron chi connectivity index (χ1n) is 7.89. The molecule has 0 aromatic carbocycles. The minimum Gasteiger partial charge on any atom is -0.460 e. The molecular weight excluding hydrogens is 286 g/mol. The number of carbonyl (C=O) groups is 2. The molecule has 0 saturated heterocycles. The van der Waals surface area contributed by atoms with Crippen LogP contribution in [0.2, 0.25) is 0 Å². The van der Waals surface area contributed by atoms with Crippen molar-refractivity contribution in [1.29, 1.82) is 0 Å². The van der Waals surface area contributed by atoms with E-state index in [9.17, 15) is 9.59 Å². The normalized spacial score (nSPS) is 10.1. The van der Waals surface area contributed by atoms with Gasteiger partial charge in [-0.25, -0.2) is 9.59 Å². The van der Waals surface area contributed by atoms with Crippen molar-refractivity contribution in [2.45, 2.75) is 46.0 Å². The highest BCUT2D eigenvalue weighted by Gasteiger charge is 2.03. The Bertz CT molecular complexity index is 330. The van der Waals surface area contributed by atoms with Crippen LogP contribution in [0.5, 0.6) is 0 Å². The molecule has 1 N–H and O–H groups in total. The van der Waals surface area contributed by atoms with Gasteiger partial charge in [0.05, 0.1) is 19.8 Å². The van der Waals surface area contributed by atoms with Gasteiger partial charge in [0.15, 0.2) is 0 Å². The fourth-order valence-corrected chi connectivity index (χ4v) is 1.57. The number of amides is 1. The number of hydrogen-bond donors (Lipinski definition) is 1. The molecule has 0 aliphatic rings. The number of unbranched alkanes of at least 4 members (excludes halogenated alkanes) is 4. The van der Waals surface area contributed by atoms with E-state index in [2.05, 4.69) is 18.8 Å². The zero-order chi connectivity index (χ0) is 16.6. The number of alkyl carbamates (subject to hydrolysis) is 1. The molecule has 0 aliphatic carbocycles. The lowest BCUT2D eigenvalue weighted by atomic mass is 10.2. The van der Waals surface area contributed by atoms with Crippen LogP contribution >= 0.6 is 0 Å². The van der Waals surface area contributed by atoms with Gasteiger partial charge in [0.2, 0.25) is 0 Å². The SMILES string of the molecule is C=C(C)C(=O)OCCOCCNC(=O)OCCCCCCC. The topological polar surface area (TPSA) is 73.9 Å². The number of esters is 1. The van der Waals surface area contributed by atoms with Crippen molar-refractivity contribution in [3.63, 3.8) is 0 Å². The number of ether oxygens (including phenoxy) is 3. The molecule has 0 rings (SSSR count). The van der Waals surface area contributed by atoms with E-state index in [0.29, 0.717) is 25.3 Å². The smallest absolute Gasteiger partial charge is 0.407 e. The van der Waals surface area contributed by atoms with E-state index >= 15 is 0 Å². The van der Waals surface area contributed by atoms with Gasteiger partial charge in [-0.05, 0) is 13.3 Å². The van der Waals surface area contributed by atoms with Crippen molar-refractivity contribution in [1.82, 2.24) is 5.32 Å². The minimum absolute atomic E-state index is 0.175. The van der Waals surface area contributed by atoms with Crippen molar-refractivity contribution >= 4 is 12.1 Å². The third-order valence-electron chi connectivity index (χ3n) is 2.81. The predicted molar refractivity (Wildman–Crippen MR) is 84.7 cm³/mol. The summed E-state index contributed by atoms with van der Waals surface area (Å²) in [5, 5.41) is 2.59. The van der Waals surface area contributed by atoms with E-state index in [4.69, 9.17) is 14.2 Å². The second kappa shape index (κ2) is 14.4. The molecule has 128 valence electrons. The van der Waals surface area contributed by atoms with E-state index in [-0.39, 0.29) is 13.2 Å². The summed E-state index contributed by atoms with van der Waals surface area (Å²) in [6.07, 6.45) is 5.18. The molecule has 0 aromatic rings. The van der Waals surface area contributed by atoms with Gasteiger partial charge in [0.25, 0.3) is 0 Å². The average molecular weight is 315 g/mol.